The SMILES string of the molecule is CN(C(=O)c1ccc(Oc2ccc(Br)cc2)c(F)c1)C1CCNC1.Cl. The van der Waals surface area contributed by atoms with Gasteiger partial charge in [-0.1, -0.05) is 15.9 Å². The van der Waals surface area contributed by atoms with Gasteiger partial charge in [0.05, 0.1) is 0 Å². The number of halogens is 3. The van der Waals surface area contributed by atoms with Gasteiger partial charge in [-0.2, -0.15) is 0 Å². The summed E-state index contributed by atoms with van der Waals surface area (Å²) in [7, 11) is 1.75. The average molecular weight is 430 g/mol. The summed E-state index contributed by atoms with van der Waals surface area (Å²) in [5, 5.41) is 3.22. The number of ether oxygens (including phenoxy) is 1. The molecule has 0 saturated carbocycles. The predicted molar refractivity (Wildman–Crippen MR) is 101 cm³/mol. The first-order valence-electron chi connectivity index (χ1n) is 7.75. The lowest BCUT2D eigenvalue weighted by Crippen LogP contribution is -2.38. The Kier molecular flexibility index (Phi) is 6.81. The Morgan fingerprint density at radius 3 is 2.60 bits per heavy atom. The van der Waals surface area contributed by atoms with Gasteiger partial charge in [-0.3, -0.25) is 4.79 Å². The minimum atomic E-state index is -0.554. The van der Waals surface area contributed by atoms with Crippen LogP contribution in [0.15, 0.2) is 46.9 Å². The maximum Gasteiger partial charge on any atom is 0.253 e. The zero-order valence-electron chi connectivity index (χ0n) is 13.7. The fourth-order valence-corrected chi connectivity index (χ4v) is 2.95. The number of carbonyl (C=O) groups excluding carboxylic acids is 1. The third-order valence-corrected chi connectivity index (χ3v) is 4.65. The lowest BCUT2D eigenvalue weighted by atomic mass is 10.1. The second-order valence-corrected chi connectivity index (χ2v) is 6.68. The monoisotopic (exact) mass is 428 g/mol. The lowest BCUT2D eigenvalue weighted by Gasteiger charge is -2.24. The zero-order valence-corrected chi connectivity index (χ0v) is 16.1. The van der Waals surface area contributed by atoms with Gasteiger partial charge in [0, 0.05) is 29.7 Å². The molecular weight excluding hydrogens is 411 g/mol. The van der Waals surface area contributed by atoms with Gasteiger partial charge in [0.25, 0.3) is 5.91 Å². The highest BCUT2D eigenvalue weighted by Gasteiger charge is 2.24. The summed E-state index contributed by atoms with van der Waals surface area (Å²) in [5.74, 6) is -0.108. The van der Waals surface area contributed by atoms with Crippen molar-refractivity contribution in [3.8, 4) is 11.5 Å². The first-order valence-corrected chi connectivity index (χ1v) is 8.55. The Balaban J connectivity index is 0.00000225. The minimum absolute atomic E-state index is 0. The van der Waals surface area contributed by atoms with Crippen LogP contribution >= 0.6 is 28.3 Å². The standard InChI is InChI=1S/C18H18BrFN2O2.ClH/c1-22(14-8-9-21-11-14)18(23)12-2-7-17(16(20)10-12)24-15-5-3-13(19)4-6-15;/h2-7,10,14,21H,8-9,11H2,1H3;1H. The van der Waals surface area contributed by atoms with Gasteiger partial charge in [0.1, 0.15) is 5.75 Å². The normalized spacial score (nSPS) is 16.2. The van der Waals surface area contributed by atoms with E-state index < -0.39 is 5.82 Å². The molecule has 4 nitrogen and oxygen atoms in total. The molecule has 0 aromatic heterocycles. The van der Waals surface area contributed by atoms with Crippen molar-refractivity contribution in [2.24, 2.45) is 0 Å². The topological polar surface area (TPSA) is 41.6 Å². The Morgan fingerprint density at radius 1 is 1.28 bits per heavy atom. The maximum atomic E-state index is 14.3. The van der Waals surface area contributed by atoms with E-state index >= 15 is 0 Å². The molecule has 134 valence electrons. The van der Waals surface area contributed by atoms with Crippen LogP contribution in [0.4, 0.5) is 4.39 Å². The predicted octanol–water partition coefficient (Wildman–Crippen LogP) is 4.24. The Bertz CT molecular complexity index is 736. The molecule has 3 rings (SSSR count). The van der Waals surface area contributed by atoms with E-state index in [-0.39, 0.29) is 30.1 Å². The van der Waals surface area contributed by atoms with Crippen molar-refractivity contribution >= 4 is 34.2 Å². The molecule has 1 heterocycles. The van der Waals surface area contributed by atoms with E-state index in [1.807, 2.05) is 12.1 Å². The van der Waals surface area contributed by atoms with Crippen molar-refractivity contribution in [1.82, 2.24) is 10.2 Å². The number of benzene rings is 2. The first kappa shape index (κ1) is 19.7. The molecule has 25 heavy (non-hydrogen) atoms. The minimum Gasteiger partial charge on any atom is -0.454 e. The molecular formula is C18H19BrClFN2O2. The molecule has 7 heteroatoms. The summed E-state index contributed by atoms with van der Waals surface area (Å²) in [6, 6.07) is 11.6. The number of rotatable bonds is 4. The molecule has 2 aromatic carbocycles. The summed E-state index contributed by atoms with van der Waals surface area (Å²) in [6.07, 6.45) is 0.912. The van der Waals surface area contributed by atoms with Gasteiger partial charge in [-0.25, -0.2) is 4.39 Å². The van der Waals surface area contributed by atoms with Gasteiger partial charge in [0.15, 0.2) is 11.6 Å². The van der Waals surface area contributed by atoms with Gasteiger partial charge >= 0.3 is 0 Å². The number of hydrogen-bond donors (Lipinski definition) is 1. The second kappa shape index (κ2) is 8.65. The molecule has 1 aliphatic heterocycles. The Labute approximate surface area is 160 Å². The van der Waals surface area contributed by atoms with Crippen molar-refractivity contribution < 1.29 is 13.9 Å². The molecule has 0 bridgehead atoms. The molecule has 1 atom stereocenters. The quantitative estimate of drug-likeness (QED) is 0.790. The van der Waals surface area contributed by atoms with Gasteiger partial charge < -0.3 is 15.0 Å². The molecule has 0 radical (unpaired) electrons. The first-order chi connectivity index (χ1) is 11.5. The lowest BCUT2D eigenvalue weighted by molar-refractivity contribution is 0.0743. The Hall–Kier alpha value is -1.63. The van der Waals surface area contributed by atoms with Crippen LogP contribution in [-0.2, 0) is 0 Å². The van der Waals surface area contributed by atoms with E-state index in [1.54, 1.807) is 30.1 Å². The smallest absolute Gasteiger partial charge is 0.253 e. The maximum absolute atomic E-state index is 14.3. The molecule has 1 unspecified atom stereocenters. The van der Waals surface area contributed by atoms with Crippen molar-refractivity contribution in [3.63, 3.8) is 0 Å². The van der Waals surface area contributed by atoms with Crippen LogP contribution in [-0.4, -0.2) is 37.0 Å². The van der Waals surface area contributed by atoms with Crippen molar-refractivity contribution in [2.45, 2.75) is 12.5 Å². The second-order valence-electron chi connectivity index (χ2n) is 5.76. The third-order valence-electron chi connectivity index (χ3n) is 4.12. The molecule has 1 fully saturated rings. The molecule has 0 spiro atoms. The van der Waals surface area contributed by atoms with Crippen molar-refractivity contribution in [1.29, 1.82) is 0 Å². The molecule has 1 amide bonds. The Morgan fingerprint density at radius 2 is 2.00 bits per heavy atom. The van der Waals surface area contributed by atoms with Gasteiger partial charge in [-0.05, 0) is 55.4 Å². The van der Waals surface area contributed by atoms with Crippen LogP contribution in [0, 0.1) is 5.82 Å². The van der Waals surface area contributed by atoms with Gasteiger partial charge in [-0.15, -0.1) is 12.4 Å². The van der Waals surface area contributed by atoms with Crippen molar-refractivity contribution in [3.05, 3.63) is 58.3 Å². The summed E-state index contributed by atoms with van der Waals surface area (Å²) in [6.45, 7) is 1.67. The molecule has 1 saturated heterocycles. The highest BCUT2D eigenvalue weighted by molar-refractivity contribution is 9.10. The number of nitrogens with one attached hydrogen (secondary N) is 1. The molecule has 2 aromatic rings. The van der Waals surface area contributed by atoms with E-state index in [9.17, 15) is 9.18 Å². The van der Waals surface area contributed by atoms with E-state index in [0.717, 1.165) is 24.0 Å². The van der Waals surface area contributed by atoms with Crippen LogP contribution in [0.5, 0.6) is 11.5 Å². The summed E-state index contributed by atoms with van der Waals surface area (Å²) in [5.41, 5.74) is 0.324. The van der Waals surface area contributed by atoms with Crippen LogP contribution in [0.3, 0.4) is 0 Å². The number of hydrogen-bond acceptors (Lipinski definition) is 3. The average Bonchev–Trinajstić information content (AvgIpc) is 3.12. The fraction of sp³-hybridized carbons (Fsp3) is 0.278. The van der Waals surface area contributed by atoms with Crippen molar-refractivity contribution in [2.75, 3.05) is 20.1 Å². The number of likely N-dealkylation sites (N-methyl/N-ethyl adjacent to an activating group) is 1. The summed E-state index contributed by atoms with van der Waals surface area (Å²) < 4.78 is 20.7. The van der Waals surface area contributed by atoms with E-state index in [4.69, 9.17) is 4.74 Å². The highest BCUT2D eigenvalue weighted by atomic mass is 79.9. The highest BCUT2D eigenvalue weighted by Crippen LogP contribution is 2.27. The largest absolute Gasteiger partial charge is 0.454 e. The third kappa shape index (κ3) is 4.71. The van der Waals surface area contributed by atoms with E-state index in [0.29, 0.717) is 11.3 Å². The van der Waals surface area contributed by atoms with E-state index in [2.05, 4.69) is 21.2 Å². The number of carbonyl (C=O) groups is 1. The summed E-state index contributed by atoms with van der Waals surface area (Å²) >= 11 is 3.34. The molecule has 1 N–H and O–H groups in total. The number of nitrogens with zero attached hydrogens (tertiary/aromatic N) is 1. The molecule has 0 aliphatic carbocycles. The molecule has 1 aliphatic rings. The van der Waals surface area contributed by atoms with Gasteiger partial charge in [0.2, 0.25) is 0 Å². The van der Waals surface area contributed by atoms with Crippen LogP contribution in [0.1, 0.15) is 16.8 Å². The number of amides is 1. The van der Waals surface area contributed by atoms with E-state index in [1.165, 1.54) is 12.1 Å². The summed E-state index contributed by atoms with van der Waals surface area (Å²) in [4.78, 5) is 14.1. The van der Waals surface area contributed by atoms with Crippen LogP contribution in [0.2, 0.25) is 0 Å². The fourth-order valence-electron chi connectivity index (χ4n) is 2.69. The van der Waals surface area contributed by atoms with Crippen LogP contribution < -0.4 is 10.1 Å². The van der Waals surface area contributed by atoms with Crippen LogP contribution in [0.25, 0.3) is 0 Å². The zero-order chi connectivity index (χ0) is 17.1.